The number of hydrogen-bond acceptors (Lipinski definition) is 2. The predicted octanol–water partition coefficient (Wildman–Crippen LogP) is 2.45. The largest absolute Gasteiger partial charge is 0.385 e. The summed E-state index contributed by atoms with van der Waals surface area (Å²) in [5.41, 5.74) is 0.367. The zero-order valence-electron chi connectivity index (χ0n) is 13.4. The molecule has 0 aromatic carbocycles. The van der Waals surface area contributed by atoms with E-state index in [0.29, 0.717) is 5.41 Å². The van der Waals surface area contributed by atoms with Crippen LogP contribution in [-0.4, -0.2) is 64.2 Å². The normalized spacial score (nSPS) is 17.9. The van der Waals surface area contributed by atoms with Crippen LogP contribution in [0.25, 0.3) is 0 Å². The second kappa shape index (κ2) is 7.73. The van der Waals surface area contributed by atoms with Crippen LogP contribution in [0.15, 0.2) is 4.99 Å². The third-order valence-electron chi connectivity index (χ3n) is 4.11. The van der Waals surface area contributed by atoms with Crippen molar-refractivity contribution in [1.29, 1.82) is 0 Å². The topological polar surface area (TPSA) is 28.1 Å². The van der Waals surface area contributed by atoms with E-state index < -0.39 is 0 Å². The molecule has 1 aliphatic carbocycles. The van der Waals surface area contributed by atoms with Crippen molar-refractivity contribution >= 4 is 5.96 Å². The average molecular weight is 269 g/mol. The van der Waals surface area contributed by atoms with Gasteiger partial charge in [0.25, 0.3) is 0 Å². The predicted molar refractivity (Wildman–Crippen MR) is 81.7 cm³/mol. The first-order valence-corrected chi connectivity index (χ1v) is 7.39. The number of hydrogen-bond donors (Lipinski definition) is 0. The smallest absolute Gasteiger partial charge is 0.195 e. The lowest BCUT2D eigenvalue weighted by atomic mass is 9.72. The highest BCUT2D eigenvalue weighted by atomic mass is 16.5. The molecule has 0 bridgehead atoms. The Morgan fingerprint density at radius 3 is 2.11 bits per heavy atom. The fourth-order valence-corrected chi connectivity index (χ4v) is 3.03. The molecule has 4 nitrogen and oxygen atoms in total. The monoisotopic (exact) mass is 269 g/mol. The van der Waals surface area contributed by atoms with Crippen molar-refractivity contribution in [1.82, 2.24) is 9.80 Å². The molecule has 0 aromatic rings. The molecule has 0 aromatic heterocycles. The van der Waals surface area contributed by atoms with Crippen LogP contribution in [0, 0.1) is 5.41 Å². The summed E-state index contributed by atoms with van der Waals surface area (Å²) in [6, 6.07) is 0. The third kappa shape index (κ3) is 5.01. The summed E-state index contributed by atoms with van der Waals surface area (Å²) in [4.78, 5) is 9.06. The second-order valence-corrected chi connectivity index (χ2v) is 6.21. The third-order valence-corrected chi connectivity index (χ3v) is 4.11. The van der Waals surface area contributed by atoms with E-state index in [-0.39, 0.29) is 0 Å². The van der Waals surface area contributed by atoms with Crippen molar-refractivity contribution in [2.75, 3.05) is 48.5 Å². The fraction of sp³-hybridized carbons (Fsp3) is 0.933. The first kappa shape index (κ1) is 16.3. The molecule has 1 saturated carbocycles. The minimum Gasteiger partial charge on any atom is -0.385 e. The summed E-state index contributed by atoms with van der Waals surface area (Å²) in [7, 11) is 10.0. The fourth-order valence-electron chi connectivity index (χ4n) is 3.03. The molecule has 0 radical (unpaired) electrons. The van der Waals surface area contributed by atoms with Gasteiger partial charge < -0.3 is 14.5 Å². The van der Waals surface area contributed by atoms with Crippen LogP contribution in [0.4, 0.5) is 0 Å². The molecule has 0 atom stereocenters. The lowest BCUT2D eigenvalue weighted by Crippen LogP contribution is -2.37. The van der Waals surface area contributed by atoms with E-state index in [0.717, 1.165) is 25.5 Å². The Hall–Kier alpha value is -0.770. The summed E-state index contributed by atoms with van der Waals surface area (Å²) in [6.45, 7) is 1.79. The average Bonchev–Trinajstić information content (AvgIpc) is 2.37. The Morgan fingerprint density at radius 2 is 1.63 bits per heavy atom. The number of ether oxygens (including phenoxy) is 1. The molecule has 112 valence electrons. The van der Waals surface area contributed by atoms with Gasteiger partial charge in [0, 0.05) is 48.5 Å². The maximum Gasteiger partial charge on any atom is 0.195 e. The van der Waals surface area contributed by atoms with E-state index in [1.54, 1.807) is 7.11 Å². The molecule has 1 fully saturated rings. The van der Waals surface area contributed by atoms with Gasteiger partial charge in [0.2, 0.25) is 0 Å². The van der Waals surface area contributed by atoms with Gasteiger partial charge in [-0.15, -0.1) is 0 Å². The summed E-state index contributed by atoms with van der Waals surface area (Å²) < 4.78 is 5.30. The van der Waals surface area contributed by atoms with Crippen molar-refractivity contribution in [3.63, 3.8) is 0 Å². The first-order chi connectivity index (χ1) is 9.01. The van der Waals surface area contributed by atoms with Crippen molar-refractivity contribution < 1.29 is 4.74 Å². The Morgan fingerprint density at radius 1 is 1.05 bits per heavy atom. The molecule has 0 N–H and O–H groups in total. The Kier molecular flexibility index (Phi) is 6.63. The SMILES string of the molecule is COCCC1(CN=C(N(C)C)N(C)C)CCCCC1. The van der Waals surface area contributed by atoms with Crippen LogP contribution in [0.5, 0.6) is 0 Å². The molecule has 0 heterocycles. The van der Waals surface area contributed by atoms with Gasteiger partial charge in [-0.25, -0.2) is 0 Å². The molecular weight excluding hydrogens is 238 g/mol. The zero-order valence-corrected chi connectivity index (χ0v) is 13.4. The summed E-state index contributed by atoms with van der Waals surface area (Å²) in [6.07, 6.45) is 7.81. The Balaban J connectivity index is 2.73. The molecule has 0 amide bonds. The van der Waals surface area contributed by atoms with Crippen LogP contribution < -0.4 is 0 Å². The minimum absolute atomic E-state index is 0.367. The Bertz CT molecular complexity index is 271. The van der Waals surface area contributed by atoms with Crippen LogP contribution in [0.3, 0.4) is 0 Å². The van der Waals surface area contributed by atoms with Gasteiger partial charge in [0.15, 0.2) is 5.96 Å². The van der Waals surface area contributed by atoms with E-state index in [1.165, 1.54) is 32.1 Å². The van der Waals surface area contributed by atoms with Gasteiger partial charge in [-0.05, 0) is 24.7 Å². The molecule has 1 rings (SSSR count). The van der Waals surface area contributed by atoms with Crippen molar-refractivity contribution in [3.8, 4) is 0 Å². The van der Waals surface area contributed by atoms with E-state index >= 15 is 0 Å². The van der Waals surface area contributed by atoms with Gasteiger partial charge in [-0.3, -0.25) is 4.99 Å². The number of rotatable bonds is 5. The highest BCUT2D eigenvalue weighted by molar-refractivity contribution is 5.79. The summed E-state index contributed by atoms with van der Waals surface area (Å²) >= 11 is 0. The number of guanidine groups is 1. The molecule has 0 unspecified atom stereocenters. The quantitative estimate of drug-likeness (QED) is 0.567. The molecule has 0 spiro atoms. The number of aliphatic imine (C=N–C) groups is 1. The highest BCUT2D eigenvalue weighted by Gasteiger charge is 2.31. The highest BCUT2D eigenvalue weighted by Crippen LogP contribution is 2.39. The van der Waals surface area contributed by atoms with E-state index in [4.69, 9.17) is 9.73 Å². The number of methoxy groups -OCH3 is 1. The zero-order chi connectivity index (χ0) is 14.3. The van der Waals surface area contributed by atoms with Crippen LogP contribution >= 0.6 is 0 Å². The summed E-state index contributed by atoms with van der Waals surface area (Å²) in [5, 5.41) is 0. The molecule has 0 aliphatic heterocycles. The van der Waals surface area contributed by atoms with Gasteiger partial charge >= 0.3 is 0 Å². The van der Waals surface area contributed by atoms with Crippen molar-refractivity contribution in [2.24, 2.45) is 10.4 Å². The molecular formula is C15H31N3O. The second-order valence-electron chi connectivity index (χ2n) is 6.21. The maximum absolute atomic E-state index is 5.30. The first-order valence-electron chi connectivity index (χ1n) is 7.39. The standard InChI is InChI=1S/C15H31N3O/c1-17(2)14(18(3)4)16-13-15(11-12-19-5)9-7-6-8-10-15/h6-13H2,1-5H3. The van der Waals surface area contributed by atoms with Crippen LogP contribution in [0.2, 0.25) is 0 Å². The van der Waals surface area contributed by atoms with Crippen molar-refractivity contribution in [2.45, 2.75) is 38.5 Å². The van der Waals surface area contributed by atoms with Crippen LogP contribution in [-0.2, 0) is 4.74 Å². The molecule has 0 saturated heterocycles. The van der Waals surface area contributed by atoms with Gasteiger partial charge in [0.1, 0.15) is 0 Å². The lowest BCUT2D eigenvalue weighted by Gasteiger charge is -2.36. The molecule has 1 aliphatic rings. The van der Waals surface area contributed by atoms with Crippen molar-refractivity contribution in [3.05, 3.63) is 0 Å². The van der Waals surface area contributed by atoms with E-state index in [2.05, 4.69) is 38.0 Å². The lowest BCUT2D eigenvalue weighted by molar-refractivity contribution is 0.108. The maximum atomic E-state index is 5.30. The molecule has 4 heteroatoms. The van der Waals surface area contributed by atoms with Gasteiger partial charge in [-0.1, -0.05) is 19.3 Å². The van der Waals surface area contributed by atoms with E-state index in [1.807, 2.05) is 0 Å². The number of nitrogens with zero attached hydrogens (tertiary/aromatic N) is 3. The Labute approximate surface area is 118 Å². The summed E-state index contributed by atoms with van der Waals surface area (Å²) in [5.74, 6) is 1.06. The van der Waals surface area contributed by atoms with Crippen LogP contribution in [0.1, 0.15) is 38.5 Å². The molecule has 19 heavy (non-hydrogen) atoms. The van der Waals surface area contributed by atoms with E-state index in [9.17, 15) is 0 Å². The van der Waals surface area contributed by atoms with Gasteiger partial charge in [-0.2, -0.15) is 0 Å². The van der Waals surface area contributed by atoms with Gasteiger partial charge in [0.05, 0.1) is 0 Å². The minimum atomic E-state index is 0.367.